The maximum Gasteiger partial charge on any atom is 0.240 e. The molecule has 7 nitrogen and oxygen atoms in total. The summed E-state index contributed by atoms with van der Waals surface area (Å²) in [5.74, 6) is 0. The minimum Gasteiger partial charge on any atom is -0.370 e. The van der Waals surface area contributed by atoms with E-state index in [9.17, 15) is 8.42 Å². The molecule has 3 rings (SSSR count). The fourth-order valence-corrected chi connectivity index (χ4v) is 3.98. The number of benzene rings is 1. The summed E-state index contributed by atoms with van der Waals surface area (Å²) in [6.45, 7) is 0.473. The lowest BCUT2D eigenvalue weighted by molar-refractivity contribution is 0.0959. The highest BCUT2D eigenvalue weighted by Crippen LogP contribution is 2.29. The molecule has 0 spiro atoms. The highest BCUT2D eigenvalue weighted by atomic mass is 32.2. The smallest absolute Gasteiger partial charge is 0.240 e. The molecule has 0 unspecified atom stereocenters. The van der Waals surface area contributed by atoms with Crippen LogP contribution in [0.4, 0.5) is 0 Å². The van der Waals surface area contributed by atoms with Crippen molar-refractivity contribution in [2.45, 2.75) is 23.5 Å². The van der Waals surface area contributed by atoms with E-state index in [1.807, 2.05) is 12.1 Å². The van der Waals surface area contributed by atoms with Gasteiger partial charge in [-0.1, -0.05) is 6.07 Å². The van der Waals surface area contributed by atoms with Gasteiger partial charge in [-0.3, -0.25) is 4.68 Å². The number of ether oxygens (including phenoxy) is 1. The Balaban J connectivity index is 1.85. The molecule has 0 saturated carbocycles. The molecule has 2 aromatic rings. The number of rotatable bonds is 4. The Bertz CT molecular complexity index is 854. The molecule has 1 aromatic heterocycles. The molecule has 0 amide bonds. The Labute approximate surface area is 134 Å². The lowest BCUT2D eigenvalue weighted by atomic mass is 10.1. The van der Waals surface area contributed by atoms with Crippen molar-refractivity contribution in [3.63, 3.8) is 0 Å². The summed E-state index contributed by atoms with van der Waals surface area (Å²) in [4.78, 5) is 0.0761. The van der Waals surface area contributed by atoms with Crippen molar-refractivity contribution in [2.75, 3.05) is 6.61 Å². The van der Waals surface area contributed by atoms with Crippen LogP contribution in [0.15, 0.2) is 41.4 Å². The minimum atomic E-state index is -3.72. The monoisotopic (exact) mass is 332 g/mol. The van der Waals surface area contributed by atoms with Crippen LogP contribution in [0.25, 0.3) is 0 Å². The number of nitrogens with one attached hydrogen (secondary N) is 1. The van der Waals surface area contributed by atoms with Crippen LogP contribution < -0.4 is 4.72 Å². The van der Waals surface area contributed by atoms with Crippen LogP contribution >= 0.6 is 0 Å². The van der Waals surface area contributed by atoms with Crippen molar-refractivity contribution in [2.24, 2.45) is 7.05 Å². The Morgan fingerprint density at radius 3 is 2.96 bits per heavy atom. The second kappa shape index (κ2) is 6.12. The second-order valence-electron chi connectivity index (χ2n) is 5.33. The summed E-state index contributed by atoms with van der Waals surface area (Å²) in [5, 5.41) is 13.0. The van der Waals surface area contributed by atoms with Crippen molar-refractivity contribution in [3.8, 4) is 6.07 Å². The highest BCUT2D eigenvalue weighted by molar-refractivity contribution is 7.89. The van der Waals surface area contributed by atoms with Gasteiger partial charge in [0, 0.05) is 19.9 Å². The van der Waals surface area contributed by atoms with Gasteiger partial charge in [0.1, 0.15) is 6.10 Å². The third kappa shape index (κ3) is 3.12. The van der Waals surface area contributed by atoms with Gasteiger partial charge in [0.15, 0.2) is 0 Å². The molecule has 0 bridgehead atoms. The zero-order valence-corrected chi connectivity index (χ0v) is 13.3. The lowest BCUT2D eigenvalue weighted by Gasteiger charge is -2.20. The SMILES string of the molecule is Cn1nccc1[C@H]1OCC[C@@H]1NS(=O)(=O)c1cccc(C#N)c1. The van der Waals surface area contributed by atoms with Gasteiger partial charge in [0.25, 0.3) is 0 Å². The first kappa shape index (κ1) is 15.7. The third-order valence-corrected chi connectivity index (χ3v) is 5.31. The maximum absolute atomic E-state index is 12.6. The van der Waals surface area contributed by atoms with Gasteiger partial charge in [-0.05, 0) is 30.7 Å². The Morgan fingerprint density at radius 2 is 2.26 bits per heavy atom. The summed E-state index contributed by atoms with van der Waals surface area (Å²) in [5.41, 5.74) is 1.12. The topological polar surface area (TPSA) is 97.0 Å². The molecule has 23 heavy (non-hydrogen) atoms. The van der Waals surface area contributed by atoms with Crippen LogP contribution in [0.1, 0.15) is 23.8 Å². The molecule has 0 radical (unpaired) electrons. The van der Waals surface area contributed by atoms with E-state index < -0.39 is 10.0 Å². The van der Waals surface area contributed by atoms with Gasteiger partial charge in [-0.25, -0.2) is 13.1 Å². The van der Waals surface area contributed by atoms with Crippen LogP contribution in [0.3, 0.4) is 0 Å². The normalized spacial score (nSPS) is 21.2. The van der Waals surface area contributed by atoms with Gasteiger partial charge >= 0.3 is 0 Å². The fraction of sp³-hybridized carbons (Fsp3) is 0.333. The molecule has 2 heterocycles. The van der Waals surface area contributed by atoms with Crippen molar-refractivity contribution < 1.29 is 13.2 Å². The fourth-order valence-electron chi connectivity index (χ4n) is 2.67. The molecule has 0 aliphatic carbocycles. The quantitative estimate of drug-likeness (QED) is 0.904. The Kier molecular flexibility index (Phi) is 4.17. The zero-order chi connectivity index (χ0) is 16.4. The number of nitriles is 1. The number of hydrogen-bond donors (Lipinski definition) is 1. The zero-order valence-electron chi connectivity index (χ0n) is 12.5. The first-order valence-electron chi connectivity index (χ1n) is 7.13. The van der Waals surface area contributed by atoms with E-state index in [1.165, 1.54) is 12.1 Å². The summed E-state index contributed by atoms with van der Waals surface area (Å²) in [7, 11) is -1.93. The van der Waals surface area contributed by atoms with Crippen LogP contribution in [0.2, 0.25) is 0 Å². The van der Waals surface area contributed by atoms with Gasteiger partial charge in [-0.2, -0.15) is 10.4 Å². The molecular formula is C15H16N4O3S. The molecular weight excluding hydrogens is 316 g/mol. The number of aromatic nitrogens is 2. The van der Waals surface area contributed by atoms with Crippen molar-refractivity contribution in [1.29, 1.82) is 5.26 Å². The van der Waals surface area contributed by atoms with E-state index >= 15 is 0 Å². The van der Waals surface area contributed by atoms with E-state index in [-0.39, 0.29) is 17.0 Å². The number of hydrogen-bond acceptors (Lipinski definition) is 5. The van der Waals surface area contributed by atoms with E-state index in [0.29, 0.717) is 18.6 Å². The first-order valence-corrected chi connectivity index (χ1v) is 8.61. The largest absolute Gasteiger partial charge is 0.370 e. The number of aryl methyl sites for hydroxylation is 1. The third-order valence-electron chi connectivity index (χ3n) is 3.82. The average molecular weight is 332 g/mol. The molecule has 1 fully saturated rings. The lowest BCUT2D eigenvalue weighted by Crippen LogP contribution is -2.37. The molecule has 1 aromatic carbocycles. The average Bonchev–Trinajstić information content (AvgIpc) is 3.15. The van der Waals surface area contributed by atoms with E-state index in [1.54, 1.807) is 30.1 Å². The van der Waals surface area contributed by atoms with Gasteiger partial charge in [0.2, 0.25) is 10.0 Å². The van der Waals surface area contributed by atoms with Gasteiger partial charge in [-0.15, -0.1) is 0 Å². The molecule has 8 heteroatoms. The van der Waals surface area contributed by atoms with Crippen LogP contribution in [-0.2, 0) is 21.8 Å². The molecule has 2 atom stereocenters. The van der Waals surface area contributed by atoms with Crippen molar-refractivity contribution >= 4 is 10.0 Å². The standard InChI is InChI=1S/C15H16N4O3S/c1-19-14(5-7-17-19)15-13(6-8-22-15)18-23(20,21)12-4-2-3-11(9-12)10-16/h2-5,7,9,13,15,18H,6,8H2,1H3/t13-,15-/m0/s1. The van der Waals surface area contributed by atoms with Crippen LogP contribution in [-0.4, -0.2) is 30.8 Å². The van der Waals surface area contributed by atoms with Crippen LogP contribution in [0, 0.1) is 11.3 Å². The first-order chi connectivity index (χ1) is 11.0. The molecule has 1 saturated heterocycles. The molecule has 1 aliphatic heterocycles. The van der Waals surface area contributed by atoms with Crippen molar-refractivity contribution in [3.05, 3.63) is 47.8 Å². The number of nitrogens with zero attached hydrogens (tertiary/aromatic N) is 3. The van der Waals surface area contributed by atoms with Crippen molar-refractivity contribution in [1.82, 2.24) is 14.5 Å². The minimum absolute atomic E-state index is 0.0761. The Morgan fingerprint density at radius 1 is 1.43 bits per heavy atom. The second-order valence-corrected chi connectivity index (χ2v) is 7.04. The van der Waals surface area contributed by atoms with Gasteiger partial charge < -0.3 is 4.74 Å². The van der Waals surface area contributed by atoms with E-state index in [4.69, 9.17) is 10.00 Å². The van der Waals surface area contributed by atoms with E-state index in [2.05, 4.69) is 9.82 Å². The molecule has 1 aliphatic rings. The number of sulfonamides is 1. The predicted octanol–water partition coefficient (Wildman–Crippen LogP) is 1.10. The Hall–Kier alpha value is -2.21. The molecule has 1 N–H and O–H groups in total. The molecule has 120 valence electrons. The summed E-state index contributed by atoms with van der Waals surface area (Å²) in [6, 6.07) is 9.33. The highest BCUT2D eigenvalue weighted by Gasteiger charge is 2.35. The summed E-state index contributed by atoms with van der Waals surface area (Å²) < 4.78 is 35.2. The summed E-state index contributed by atoms with van der Waals surface area (Å²) >= 11 is 0. The van der Waals surface area contributed by atoms with Gasteiger partial charge in [0.05, 0.1) is 28.3 Å². The predicted molar refractivity (Wildman–Crippen MR) is 81.8 cm³/mol. The maximum atomic E-state index is 12.6. The summed E-state index contributed by atoms with van der Waals surface area (Å²) in [6.07, 6.45) is 1.85. The van der Waals surface area contributed by atoms with E-state index in [0.717, 1.165) is 5.69 Å². The van der Waals surface area contributed by atoms with Crippen LogP contribution in [0.5, 0.6) is 0 Å².